The molecule has 0 aromatic carbocycles. The minimum Gasteiger partial charge on any atom is -0.387 e. The Hall–Kier alpha value is -0.890. The van der Waals surface area contributed by atoms with Crippen LogP contribution in [0.2, 0.25) is 0 Å². The van der Waals surface area contributed by atoms with Gasteiger partial charge >= 0.3 is 0 Å². The molecule has 72 valence electrons. The van der Waals surface area contributed by atoms with Gasteiger partial charge in [-0.05, 0) is 24.0 Å². The third-order valence-electron chi connectivity index (χ3n) is 2.20. The Morgan fingerprint density at radius 2 is 2.08 bits per heavy atom. The van der Waals surface area contributed by atoms with Crippen molar-refractivity contribution in [3.63, 3.8) is 0 Å². The molecular formula is C11H17NO. The van der Waals surface area contributed by atoms with Crippen LogP contribution in [-0.2, 0) is 0 Å². The van der Waals surface area contributed by atoms with Gasteiger partial charge in [0.15, 0.2) is 0 Å². The van der Waals surface area contributed by atoms with E-state index in [1.54, 1.807) is 0 Å². The zero-order valence-electron chi connectivity index (χ0n) is 8.49. The van der Waals surface area contributed by atoms with Crippen LogP contribution < -0.4 is 0 Å². The van der Waals surface area contributed by atoms with Crippen molar-refractivity contribution < 1.29 is 5.11 Å². The first-order chi connectivity index (χ1) is 6.15. The van der Waals surface area contributed by atoms with Gasteiger partial charge in [-0.2, -0.15) is 0 Å². The summed E-state index contributed by atoms with van der Waals surface area (Å²) in [4.78, 5) is 4.22. The fourth-order valence-electron chi connectivity index (χ4n) is 1.16. The van der Waals surface area contributed by atoms with Crippen molar-refractivity contribution in [2.75, 3.05) is 0 Å². The van der Waals surface area contributed by atoms with Gasteiger partial charge in [-0.1, -0.05) is 26.8 Å². The quantitative estimate of drug-likeness (QED) is 0.773. The van der Waals surface area contributed by atoms with Gasteiger partial charge in [0.1, 0.15) is 0 Å². The molecule has 1 atom stereocenters. The van der Waals surface area contributed by atoms with E-state index in [0.29, 0.717) is 12.3 Å². The number of nitrogens with zero attached hydrogens (tertiary/aromatic N) is 1. The van der Waals surface area contributed by atoms with E-state index < -0.39 is 6.10 Å². The lowest BCUT2D eigenvalue weighted by atomic mass is 10.0. The molecule has 1 N–H and O–H groups in total. The van der Waals surface area contributed by atoms with Crippen molar-refractivity contribution in [3.8, 4) is 0 Å². The number of hydrogen-bond donors (Lipinski definition) is 1. The summed E-state index contributed by atoms with van der Waals surface area (Å²) in [6.07, 6.45) is 2.15. The highest BCUT2D eigenvalue weighted by Crippen LogP contribution is 2.17. The van der Waals surface area contributed by atoms with Crippen LogP contribution in [0.1, 0.15) is 50.5 Å². The molecule has 0 spiro atoms. The summed E-state index contributed by atoms with van der Waals surface area (Å²) in [5, 5.41) is 9.50. The maximum absolute atomic E-state index is 9.50. The minimum atomic E-state index is -0.416. The van der Waals surface area contributed by atoms with Crippen LogP contribution in [-0.4, -0.2) is 10.1 Å². The lowest BCUT2D eigenvalue weighted by Crippen LogP contribution is -1.99. The van der Waals surface area contributed by atoms with Crippen molar-refractivity contribution in [3.05, 3.63) is 29.6 Å². The van der Waals surface area contributed by atoms with Crippen molar-refractivity contribution in [2.24, 2.45) is 0 Å². The van der Waals surface area contributed by atoms with E-state index in [-0.39, 0.29) is 0 Å². The van der Waals surface area contributed by atoms with Crippen LogP contribution in [0.5, 0.6) is 0 Å². The van der Waals surface area contributed by atoms with Crippen molar-refractivity contribution in [2.45, 2.75) is 39.2 Å². The second-order valence-electron chi connectivity index (χ2n) is 3.60. The fourth-order valence-corrected chi connectivity index (χ4v) is 1.16. The maximum atomic E-state index is 9.50. The SMILES string of the molecule is CCC(O)c1ccc(C(C)C)cn1. The Kier molecular flexibility index (Phi) is 3.43. The van der Waals surface area contributed by atoms with E-state index in [1.165, 1.54) is 5.56 Å². The normalized spacial score (nSPS) is 13.3. The van der Waals surface area contributed by atoms with Gasteiger partial charge in [-0.15, -0.1) is 0 Å². The van der Waals surface area contributed by atoms with Gasteiger partial charge in [0.2, 0.25) is 0 Å². The molecule has 0 radical (unpaired) electrons. The Balaban J connectivity index is 2.81. The molecule has 0 saturated carbocycles. The van der Waals surface area contributed by atoms with Crippen LogP contribution >= 0.6 is 0 Å². The molecule has 0 fully saturated rings. The number of hydrogen-bond acceptors (Lipinski definition) is 2. The largest absolute Gasteiger partial charge is 0.387 e. The highest BCUT2D eigenvalue weighted by atomic mass is 16.3. The molecule has 1 aromatic heterocycles. The molecule has 1 heterocycles. The van der Waals surface area contributed by atoms with Gasteiger partial charge in [0.05, 0.1) is 11.8 Å². The summed E-state index contributed by atoms with van der Waals surface area (Å²) in [7, 11) is 0. The summed E-state index contributed by atoms with van der Waals surface area (Å²) >= 11 is 0. The third-order valence-corrected chi connectivity index (χ3v) is 2.20. The second-order valence-corrected chi connectivity index (χ2v) is 3.60. The minimum absolute atomic E-state index is 0.416. The number of pyridine rings is 1. The van der Waals surface area contributed by atoms with Gasteiger partial charge in [0, 0.05) is 6.20 Å². The molecule has 0 aliphatic rings. The Morgan fingerprint density at radius 3 is 2.46 bits per heavy atom. The average molecular weight is 179 g/mol. The Morgan fingerprint density at radius 1 is 1.38 bits per heavy atom. The lowest BCUT2D eigenvalue weighted by Gasteiger charge is -2.09. The van der Waals surface area contributed by atoms with Gasteiger partial charge < -0.3 is 5.11 Å². The molecule has 1 aromatic rings. The van der Waals surface area contributed by atoms with Crippen molar-refractivity contribution >= 4 is 0 Å². The molecule has 0 aliphatic carbocycles. The molecular weight excluding hydrogens is 162 g/mol. The first-order valence-electron chi connectivity index (χ1n) is 4.79. The summed E-state index contributed by atoms with van der Waals surface area (Å²) in [5.41, 5.74) is 1.99. The summed E-state index contributed by atoms with van der Waals surface area (Å²) in [5.74, 6) is 0.500. The van der Waals surface area contributed by atoms with Crippen LogP contribution in [0.3, 0.4) is 0 Å². The highest BCUT2D eigenvalue weighted by molar-refractivity contribution is 5.18. The molecule has 2 nitrogen and oxygen atoms in total. The predicted molar refractivity (Wildman–Crippen MR) is 53.6 cm³/mol. The predicted octanol–water partition coefficient (Wildman–Crippen LogP) is 2.65. The Labute approximate surface area is 79.6 Å². The third kappa shape index (κ3) is 2.52. The number of aromatic nitrogens is 1. The molecule has 0 saturated heterocycles. The fraction of sp³-hybridized carbons (Fsp3) is 0.545. The standard InChI is InChI=1S/C11H17NO/c1-4-11(13)10-6-5-9(7-12-10)8(2)3/h5-8,11,13H,4H2,1-3H3. The summed E-state index contributed by atoms with van der Waals surface area (Å²) in [6, 6.07) is 3.94. The Bertz CT molecular complexity index is 253. The monoisotopic (exact) mass is 179 g/mol. The van der Waals surface area contributed by atoms with E-state index in [2.05, 4.69) is 18.8 Å². The van der Waals surface area contributed by atoms with Crippen LogP contribution in [0.25, 0.3) is 0 Å². The number of aliphatic hydroxyl groups excluding tert-OH is 1. The van der Waals surface area contributed by atoms with E-state index in [9.17, 15) is 5.11 Å². The molecule has 0 bridgehead atoms. The average Bonchev–Trinajstić information content (AvgIpc) is 2.17. The van der Waals surface area contributed by atoms with Crippen molar-refractivity contribution in [1.82, 2.24) is 4.98 Å². The number of aliphatic hydroxyl groups is 1. The van der Waals surface area contributed by atoms with E-state index in [1.807, 2.05) is 25.3 Å². The van der Waals surface area contributed by atoms with Crippen LogP contribution in [0, 0.1) is 0 Å². The summed E-state index contributed by atoms with van der Waals surface area (Å²) < 4.78 is 0. The van der Waals surface area contributed by atoms with E-state index in [4.69, 9.17) is 0 Å². The van der Waals surface area contributed by atoms with Gasteiger partial charge in [-0.3, -0.25) is 4.98 Å². The van der Waals surface area contributed by atoms with E-state index in [0.717, 1.165) is 5.69 Å². The molecule has 1 rings (SSSR count). The first kappa shape index (κ1) is 10.2. The van der Waals surface area contributed by atoms with Gasteiger partial charge in [0.25, 0.3) is 0 Å². The second kappa shape index (κ2) is 4.38. The van der Waals surface area contributed by atoms with Crippen LogP contribution in [0.4, 0.5) is 0 Å². The lowest BCUT2D eigenvalue weighted by molar-refractivity contribution is 0.169. The van der Waals surface area contributed by atoms with Crippen molar-refractivity contribution in [1.29, 1.82) is 0 Å². The molecule has 13 heavy (non-hydrogen) atoms. The topological polar surface area (TPSA) is 33.1 Å². The molecule has 0 amide bonds. The smallest absolute Gasteiger partial charge is 0.0957 e. The zero-order chi connectivity index (χ0) is 9.84. The molecule has 0 aliphatic heterocycles. The van der Waals surface area contributed by atoms with Gasteiger partial charge in [-0.25, -0.2) is 0 Å². The number of rotatable bonds is 3. The zero-order valence-corrected chi connectivity index (χ0v) is 8.49. The van der Waals surface area contributed by atoms with E-state index >= 15 is 0 Å². The highest BCUT2D eigenvalue weighted by Gasteiger charge is 2.06. The molecule has 2 heteroatoms. The molecule has 1 unspecified atom stereocenters. The maximum Gasteiger partial charge on any atom is 0.0957 e. The van der Waals surface area contributed by atoms with Crippen LogP contribution in [0.15, 0.2) is 18.3 Å². The first-order valence-corrected chi connectivity index (χ1v) is 4.79. The summed E-state index contributed by atoms with van der Waals surface area (Å²) in [6.45, 7) is 6.21.